The number of aryl methyl sites for hydroxylation is 16. The van der Waals surface area contributed by atoms with E-state index in [1.807, 2.05) is 78.9 Å². The minimum absolute atomic E-state index is 0.0528. The molecular weight excluding hydrogens is 1530 g/mol. The normalized spacial score (nSPS) is 12.2. The van der Waals surface area contributed by atoms with E-state index in [4.69, 9.17) is 9.40 Å². The van der Waals surface area contributed by atoms with Gasteiger partial charge >= 0.3 is 0 Å². The lowest BCUT2D eigenvalue weighted by molar-refractivity contribution is 0.660. The van der Waals surface area contributed by atoms with Gasteiger partial charge in [0.25, 0.3) is 0 Å². The number of furan rings is 1. The van der Waals surface area contributed by atoms with Gasteiger partial charge in [0.05, 0.1) is 11.0 Å². The van der Waals surface area contributed by atoms with E-state index in [1.165, 1.54) is 217 Å². The van der Waals surface area contributed by atoms with Gasteiger partial charge in [-0.25, -0.2) is 19.9 Å². The Bertz CT molecular complexity index is 8210. The molecule has 0 bridgehead atoms. The van der Waals surface area contributed by atoms with E-state index in [0.717, 1.165) is 39.5 Å². The van der Waals surface area contributed by atoms with E-state index in [9.17, 15) is 0 Å². The third-order valence-electron chi connectivity index (χ3n) is 25.9. The number of aromatic nitrogens is 7. The highest BCUT2D eigenvalue weighted by Crippen LogP contribution is 2.52. The Hall–Kier alpha value is -13.9. The second kappa shape index (κ2) is 31.5. The van der Waals surface area contributed by atoms with Crippen molar-refractivity contribution in [3.63, 3.8) is 0 Å². The molecule has 0 atom stereocenters. The molecule has 9 heteroatoms. The number of benzene rings is 17. The van der Waals surface area contributed by atoms with Gasteiger partial charge in [-0.15, -0.1) is 11.3 Å². The SMILES string of the molecule is Cc1cc2c3c4ccccc4c(C)cc3n(C)c2cc1C.Cc1cc2sc3ccccc3c2c2ccccc12.Cc1ccc2c(c1)C(C)(C)c1cc3c(cc1-2)c1ccc(C)cc1n3C.Cc1ccc2c(c1)c(C)cc1oc3ccc(C)cc3c12.Cc1ccc2c(c1)c1ccc(C)cc1c1c2nc(C)n1C.Cc1nc(-c2ccccc2)nc(-c2ccccc2)n1. The van der Waals surface area contributed by atoms with Crippen LogP contribution in [-0.2, 0) is 26.6 Å². The Morgan fingerprint density at radius 1 is 0.274 bits per heavy atom. The van der Waals surface area contributed by atoms with E-state index >= 15 is 0 Å². The average Bonchev–Trinajstić information content (AvgIpc) is 1.53. The Labute approximate surface area is 728 Å². The molecule has 8 nitrogen and oxygen atoms in total. The zero-order chi connectivity index (χ0) is 86.0. The summed E-state index contributed by atoms with van der Waals surface area (Å²) in [5.74, 6) is 3.22. The van der Waals surface area contributed by atoms with E-state index in [1.54, 1.807) is 0 Å². The molecule has 6 heterocycles. The van der Waals surface area contributed by atoms with Crippen LogP contribution in [0.3, 0.4) is 0 Å². The summed E-state index contributed by atoms with van der Waals surface area (Å²) in [6, 6.07) is 102. The lowest BCUT2D eigenvalue weighted by atomic mass is 9.82. The molecule has 24 rings (SSSR count). The number of nitrogens with zero attached hydrogens (tertiary/aromatic N) is 7. The van der Waals surface area contributed by atoms with Gasteiger partial charge in [-0.05, 0) is 262 Å². The smallest absolute Gasteiger partial charge is 0.163 e. The van der Waals surface area contributed by atoms with Crippen LogP contribution >= 0.6 is 11.3 Å². The molecule has 0 radical (unpaired) electrons. The minimum atomic E-state index is 0.0528. The summed E-state index contributed by atoms with van der Waals surface area (Å²) < 4.78 is 15.7. The van der Waals surface area contributed by atoms with Crippen molar-refractivity contribution in [3.8, 4) is 33.9 Å². The van der Waals surface area contributed by atoms with Gasteiger partial charge in [-0.2, -0.15) is 0 Å². The lowest BCUT2D eigenvalue weighted by Gasteiger charge is -2.22. The summed E-state index contributed by atoms with van der Waals surface area (Å²) in [6.45, 7) is 32.5. The molecule has 0 spiro atoms. The first kappa shape index (κ1) is 79.9. The predicted molar refractivity (Wildman–Crippen MR) is 532 cm³/mol. The van der Waals surface area contributed by atoms with Gasteiger partial charge in [0, 0.05) is 123 Å². The maximum Gasteiger partial charge on any atom is 0.163 e. The van der Waals surface area contributed by atoms with Crippen molar-refractivity contribution in [1.29, 1.82) is 0 Å². The fourth-order valence-electron chi connectivity index (χ4n) is 19.2. The molecule has 6 aromatic heterocycles. The standard InChI is InChI=1S/C24H23N.C20H19N.C19H18N2.C19H16O.C17H12S.C16H13N3/c1-14-6-8-16-18-12-19-17-9-7-15(2)11-22(17)25(5)23(19)13-21(18)24(3,4)20(16)10-14;1-12-9-17-18(10-13(12)2)21(4)19-11-14(3)15-7-5-6-8-16(15)20(17)19;1-11-6-8-15-16(9-11)14-7-5-12(2)10-17(14)19-18(15)20-13(3)21(19)4;1-11-4-6-14-15(8-11)13(3)10-18-19(14)16-9-12(2)5-7-17(16)20-18;1-11-10-16-17(13-7-3-2-6-12(11)13)14-8-4-5-9-15(14)18-16;1-12-17-15(13-8-4-2-5-9-13)19-16(18-12)14-10-6-3-7-11-14/h6-13H,1-5H3;5-11H,1-4H3;5-10H,1-4H3;4-10H,1-3H3;2-10H,1H3;2-11H,1H3. The quantitative estimate of drug-likeness (QED) is 0.161. The van der Waals surface area contributed by atoms with Crippen LogP contribution < -0.4 is 0 Å². The summed E-state index contributed by atoms with van der Waals surface area (Å²) in [6.07, 6.45) is 0. The highest BCUT2D eigenvalue weighted by Gasteiger charge is 2.36. The van der Waals surface area contributed by atoms with Crippen molar-refractivity contribution in [2.75, 3.05) is 0 Å². The fraction of sp³-hybridized carbons (Fsp3) is 0.165. The zero-order valence-electron chi connectivity index (χ0n) is 74.1. The first-order valence-electron chi connectivity index (χ1n) is 43.1. The van der Waals surface area contributed by atoms with Crippen molar-refractivity contribution < 1.29 is 4.42 Å². The molecular formula is C115H101N7OS. The second-order valence-corrected chi connectivity index (χ2v) is 36.1. The third-order valence-corrected chi connectivity index (χ3v) is 27.0. The number of rotatable bonds is 2. The van der Waals surface area contributed by atoms with Gasteiger partial charge in [0.1, 0.15) is 22.8 Å². The number of fused-ring (bicyclic) bond motifs is 27. The van der Waals surface area contributed by atoms with Crippen LogP contribution in [0.4, 0.5) is 0 Å². The Kier molecular flexibility index (Phi) is 20.3. The molecule has 0 amide bonds. The number of thiophene rings is 1. The first-order chi connectivity index (χ1) is 59.8. The van der Waals surface area contributed by atoms with E-state index in [2.05, 4.69) is 371 Å². The van der Waals surface area contributed by atoms with Crippen LogP contribution in [0, 0.1) is 90.0 Å². The first-order valence-corrected chi connectivity index (χ1v) is 43.9. The Morgan fingerprint density at radius 2 is 0.750 bits per heavy atom. The molecule has 0 fully saturated rings. The third kappa shape index (κ3) is 14.1. The molecule has 0 saturated heterocycles. The maximum absolute atomic E-state index is 6.03. The van der Waals surface area contributed by atoms with Gasteiger partial charge in [0.2, 0.25) is 0 Å². The topological polar surface area (TPSA) is 79.5 Å². The van der Waals surface area contributed by atoms with Crippen molar-refractivity contribution in [1.82, 2.24) is 33.6 Å². The second-order valence-electron chi connectivity index (χ2n) is 35.0. The molecule has 0 aliphatic heterocycles. The molecule has 0 N–H and O–H groups in total. The Balaban J connectivity index is 0.0000000979. The molecule has 608 valence electrons. The van der Waals surface area contributed by atoms with Gasteiger partial charge in [0.15, 0.2) is 11.6 Å². The molecule has 0 unspecified atom stereocenters. The monoisotopic (exact) mass is 1630 g/mol. The molecule has 17 aromatic carbocycles. The van der Waals surface area contributed by atoms with Gasteiger partial charge in [-0.3, -0.25) is 0 Å². The highest BCUT2D eigenvalue weighted by atomic mass is 32.1. The fourth-order valence-corrected chi connectivity index (χ4v) is 20.4. The molecule has 1 aliphatic carbocycles. The van der Waals surface area contributed by atoms with Crippen molar-refractivity contribution in [2.45, 2.75) is 109 Å². The Morgan fingerprint density at radius 3 is 1.42 bits per heavy atom. The van der Waals surface area contributed by atoms with Crippen LogP contribution in [0.2, 0.25) is 0 Å². The minimum Gasteiger partial charge on any atom is -0.456 e. The van der Waals surface area contributed by atoms with Crippen LogP contribution in [0.5, 0.6) is 0 Å². The van der Waals surface area contributed by atoms with Crippen molar-refractivity contribution in [2.24, 2.45) is 21.1 Å². The molecule has 23 aromatic rings. The lowest BCUT2D eigenvalue weighted by Crippen LogP contribution is -2.15. The molecule has 1 aliphatic rings. The van der Waals surface area contributed by atoms with Gasteiger partial charge in [-0.1, -0.05) is 254 Å². The van der Waals surface area contributed by atoms with E-state index in [-0.39, 0.29) is 5.41 Å². The molecule has 124 heavy (non-hydrogen) atoms. The van der Waals surface area contributed by atoms with Crippen LogP contribution in [0.15, 0.2) is 290 Å². The van der Waals surface area contributed by atoms with E-state index in [0.29, 0.717) is 11.6 Å². The summed E-state index contributed by atoms with van der Waals surface area (Å²) in [7, 11) is 6.47. The zero-order valence-corrected chi connectivity index (χ0v) is 74.9. The highest BCUT2D eigenvalue weighted by molar-refractivity contribution is 7.26. The van der Waals surface area contributed by atoms with Crippen LogP contribution in [0.25, 0.3) is 185 Å². The van der Waals surface area contributed by atoms with Gasteiger partial charge < -0.3 is 18.1 Å². The number of hydrogen-bond donors (Lipinski definition) is 0. The van der Waals surface area contributed by atoms with E-state index < -0.39 is 0 Å². The maximum atomic E-state index is 6.03. The number of hydrogen-bond acceptors (Lipinski definition) is 6. The largest absolute Gasteiger partial charge is 0.456 e. The summed E-state index contributed by atoms with van der Waals surface area (Å²) >= 11 is 1.89. The summed E-state index contributed by atoms with van der Waals surface area (Å²) in [5.41, 5.74) is 31.9. The summed E-state index contributed by atoms with van der Waals surface area (Å²) in [5, 5.41) is 24.0. The average molecular weight is 1630 g/mol. The summed E-state index contributed by atoms with van der Waals surface area (Å²) in [4.78, 5) is 18.2. The number of imidazole rings is 1. The predicted octanol–water partition coefficient (Wildman–Crippen LogP) is 31.2. The van der Waals surface area contributed by atoms with Crippen LogP contribution in [0.1, 0.15) is 97.8 Å². The van der Waals surface area contributed by atoms with Crippen molar-refractivity contribution >= 4 is 162 Å². The van der Waals surface area contributed by atoms with Crippen LogP contribution in [-0.4, -0.2) is 33.6 Å². The van der Waals surface area contributed by atoms with Crippen molar-refractivity contribution in [3.05, 3.63) is 369 Å². The molecule has 0 saturated carbocycles.